The monoisotopic (exact) mass is 417 g/mol. The van der Waals surface area contributed by atoms with Crippen LogP contribution in [0.5, 0.6) is 5.88 Å². The Morgan fingerprint density at radius 1 is 1.13 bits per heavy atom. The molecule has 8 nitrogen and oxygen atoms in total. The van der Waals surface area contributed by atoms with Gasteiger partial charge in [0, 0.05) is 37.9 Å². The predicted molar refractivity (Wildman–Crippen MR) is 122 cm³/mol. The molecule has 0 bridgehead atoms. The summed E-state index contributed by atoms with van der Waals surface area (Å²) < 4.78 is 6.14. The summed E-state index contributed by atoms with van der Waals surface area (Å²) in [7, 11) is 2.15. The van der Waals surface area contributed by atoms with Gasteiger partial charge >= 0.3 is 0 Å². The molecule has 0 atom stereocenters. The van der Waals surface area contributed by atoms with Crippen LogP contribution in [0.4, 0.5) is 11.8 Å². The summed E-state index contributed by atoms with van der Waals surface area (Å²) in [5, 5.41) is 6.50. The highest BCUT2D eigenvalue weighted by atomic mass is 16.5. The van der Waals surface area contributed by atoms with Gasteiger partial charge in [0.1, 0.15) is 11.9 Å². The van der Waals surface area contributed by atoms with E-state index in [1.54, 1.807) is 6.20 Å². The fourth-order valence-electron chi connectivity index (χ4n) is 4.08. The maximum Gasteiger partial charge on any atom is 0.233 e. The van der Waals surface area contributed by atoms with E-state index in [0.29, 0.717) is 18.4 Å². The average molecular weight is 418 g/mol. The number of rotatable bonds is 5. The molecule has 1 aromatic carbocycles. The molecule has 31 heavy (non-hydrogen) atoms. The number of benzene rings is 1. The summed E-state index contributed by atoms with van der Waals surface area (Å²) in [5.74, 6) is 2.07. The quantitative estimate of drug-likeness (QED) is 0.654. The van der Waals surface area contributed by atoms with E-state index in [1.165, 1.54) is 0 Å². The molecular formula is C23H27N7O. The second kappa shape index (κ2) is 8.47. The van der Waals surface area contributed by atoms with Crippen LogP contribution in [0.1, 0.15) is 30.9 Å². The van der Waals surface area contributed by atoms with E-state index in [9.17, 15) is 0 Å². The van der Waals surface area contributed by atoms with E-state index < -0.39 is 0 Å². The molecular weight excluding hydrogens is 390 g/mol. The molecule has 0 radical (unpaired) electrons. The Bertz CT molecular complexity index is 1120. The lowest BCUT2D eigenvalue weighted by atomic mass is 9.96. The third kappa shape index (κ3) is 4.16. The van der Waals surface area contributed by atoms with Crippen molar-refractivity contribution in [3.63, 3.8) is 0 Å². The first-order valence-electron chi connectivity index (χ1n) is 10.9. The van der Waals surface area contributed by atoms with Crippen LogP contribution in [-0.2, 0) is 0 Å². The van der Waals surface area contributed by atoms with Gasteiger partial charge in [-0.05, 0) is 50.1 Å². The highest BCUT2D eigenvalue weighted by molar-refractivity contribution is 5.90. The molecule has 2 N–H and O–H groups in total. The van der Waals surface area contributed by atoms with Gasteiger partial charge in [-0.15, -0.1) is 0 Å². The van der Waals surface area contributed by atoms with Gasteiger partial charge in [-0.2, -0.15) is 4.98 Å². The molecule has 1 fully saturated rings. The van der Waals surface area contributed by atoms with Crippen LogP contribution in [-0.4, -0.2) is 64.2 Å². The second-order valence-electron chi connectivity index (χ2n) is 8.02. The summed E-state index contributed by atoms with van der Waals surface area (Å²) in [6.07, 6.45) is 7.99. The molecule has 3 aromatic rings. The molecule has 2 aromatic heterocycles. The number of hydrogen-bond acceptors (Lipinski definition) is 8. The van der Waals surface area contributed by atoms with Crippen molar-refractivity contribution in [1.29, 1.82) is 0 Å². The Balaban J connectivity index is 1.42. The van der Waals surface area contributed by atoms with Gasteiger partial charge in [0.15, 0.2) is 0 Å². The largest absolute Gasteiger partial charge is 0.473 e. The normalized spacial score (nSPS) is 17.0. The van der Waals surface area contributed by atoms with Crippen molar-refractivity contribution in [3.8, 4) is 5.88 Å². The Kier molecular flexibility index (Phi) is 5.38. The van der Waals surface area contributed by atoms with Gasteiger partial charge in [0.05, 0.1) is 17.2 Å². The number of hydrogen-bond donors (Lipinski definition) is 2. The van der Waals surface area contributed by atoms with Crippen LogP contribution in [0.2, 0.25) is 0 Å². The van der Waals surface area contributed by atoms with Crippen molar-refractivity contribution in [1.82, 2.24) is 24.8 Å². The summed E-state index contributed by atoms with van der Waals surface area (Å²) in [6, 6.07) is 6.16. The minimum Gasteiger partial charge on any atom is -0.473 e. The molecule has 0 amide bonds. The second-order valence-corrected chi connectivity index (χ2v) is 8.02. The molecule has 5 rings (SSSR count). The van der Waals surface area contributed by atoms with Crippen molar-refractivity contribution in [2.45, 2.75) is 25.9 Å². The van der Waals surface area contributed by atoms with E-state index in [1.807, 2.05) is 19.2 Å². The number of likely N-dealkylation sites (tertiary alicyclic amines) is 1. The Morgan fingerprint density at radius 2 is 2.00 bits per heavy atom. The van der Waals surface area contributed by atoms with Gasteiger partial charge in [-0.1, -0.05) is 12.1 Å². The van der Waals surface area contributed by atoms with E-state index in [-0.39, 0.29) is 6.10 Å². The van der Waals surface area contributed by atoms with Crippen molar-refractivity contribution in [3.05, 3.63) is 47.8 Å². The number of nitrogens with one attached hydrogen (secondary N) is 2. The third-order valence-electron chi connectivity index (χ3n) is 5.77. The van der Waals surface area contributed by atoms with Gasteiger partial charge in [0.2, 0.25) is 11.8 Å². The molecule has 0 spiro atoms. The number of anilines is 2. The smallest absolute Gasteiger partial charge is 0.233 e. The number of aromatic nitrogens is 4. The van der Waals surface area contributed by atoms with Gasteiger partial charge in [-0.3, -0.25) is 0 Å². The first-order chi connectivity index (χ1) is 15.2. The van der Waals surface area contributed by atoms with E-state index in [2.05, 4.69) is 55.7 Å². The van der Waals surface area contributed by atoms with Gasteiger partial charge in [-0.25, -0.2) is 15.0 Å². The average Bonchev–Trinajstić information content (AvgIpc) is 2.80. The molecule has 8 heteroatoms. The van der Waals surface area contributed by atoms with Crippen LogP contribution in [0.3, 0.4) is 0 Å². The third-order valence-corrected chi connectivity index (χ3v) is 5.77. The molecule has 2 aliphatic heterocycles. The highest BCUT2D eigenvalue weighted by Gasteiger charge is 2.20. The number of nitrogens with zero attached hydrogens (tertiary/aromatic N) is 5. The maximum atomic E-state index is 6.14. The van der Waals surface area contributed by atoms with Crippen LogP contribution < -0.4 is 15.4 Å². The number of ether oxygens (including phenoxy) is 1. The molecule has 1 saturated heterocycles. The number of piperidine rings is 1. The summed E-state index contributed by atoms with van der Waals surface area (Å²) in [5.41, 5.74) is 4.84. The molecule has 0 unspecified atom stereocenters. The standard InChI is InChI=1S/C23H27N7O/c1-3-24-23-27-13-18-17(6-9-25-22(18)29-23)15-4-5-19-20(12-15)28-21(14-26-19)31-16-7-10-30(2)11-8-16/h4-6,12-14,16H,3,7-11H2,1-2H3,(H2,24,25,27,29). The topological polar surface area (TPSA) is 88.1 Å². The van der Waals surface area contributed by atoms with Crippen molar-refractivity contribution in [2.75, 3.05) is 43.9 Å². The molecule has 160 valence electrons. The van der Waals surface area contributed by atoms with Crippen LogP contribution >= 0.6 is 0 Å². The zero-order valence-corrected chi connectivity index (χ0v) is 17.9. The Morgan fingerprint density at radius 3 is 2.84 bits per heavy atom. The van der Waals surface area contributed by atoms with E-state index in [0.717, 1.165) is 66.0 Å². The summed E-state index contributed by atoms with van der Waals surface area (Å²) in [6.45, 7) is 5.63. The lowest BCUT2D eigenvalue weighted by Crippen LogP contribution is -2.35. The lowest BCUT2D eigenvalue weighted by molar-refractivity contribution is 0.110. The summed E-state index contributed by atoms with van der Waals surface area (Å²) in [4.78, 5) is 20.7. The number of fused-ring (bicyclic) bond motifs is 2. The molecule has 0 aliphatic carbocycles. The minimum atomic E-state index is 0.202. The SMILES string of the molecule is CCNc1ncc2c(n1)NCC=C2c1ccc2ncc(OC3CCN(C)CC3)nc2c1. The van der Waals surface area contributed by atoms with Gasteiger partial charge < -0.3 is 20.3 Å². The van der Waals surface area contributed by atoms with Crippen molar-refractivity contribution >= 4 is 28.4 Å². The fourth-order valence-corrected chi connectivity index (χ4v) is 4.08. The Hall–Kier alpha value is -3.26. The van der Waals surface area contributed by atoms with Crippen LogP contribution in [0.25, 0.3) is 16.6 Å². The lowest BCUT2D eigenvalue weighted by Gasteiger charge is -2.28. The van der Waals surface area contributed by atoms with Crippen LogP contribution in [0.15, 0.2) is 36.7 Å². The molecule has 4 heterocycles. The van der Waals surface area contributed by atoms with E-state index >= 15 is 0 Å². The predicted octanol–water partition coefficient (Wildman–Crippen LogP) is 3.18. The van der Waals surface area contributed by atoms with Crippen molar-refractivity contribution < 1.29 is 4.74 Å². The first kappa shape index (κ1) is 19.7. The molecule has 2 aliphatic rings. The zero-order valence-electron chi connectivity index (χ0n) is 17.9. The Labute approximate surface area is 181 Å². The van der Waals surface area contributed by atoms with Crippen molar-refractivity contribution in [2.24, 2.45) is 0 Å². The summed E-state index contributed by atoms with van der Waals surface area (Å²) >= 11 is 0. The highest BCUT2D eigenvalue weighted by Crippen LogP contribution is 2.32. The fraction of sp³-hybridized carbons (Fsp3) is 0.391. The first-order valence-corrected chi connectivity index (χ1v) is 10.9. The van der Waals surface area contributed by atoms with Crippen LogP contribution in [0, 0.1) is 0 Å². The van der Waals surface area contributed by atoms with E-state index in [4.69, 9.17) is 9.72 Å². The maximum absolute atomic E-state index is 6.14. The van der Waals surface area contributed by atoms with Gasteiger partial charge in [0.25, 0.3) is 0 Å². The zero-order chi connectivity index (χ0) is 21.2. The molecule has 0 saturated carbocycles. The minimum absolute atomic E-state index is 0.202.